The molecule has 0 saturated carbocycles. The molecule has 0 bridgehead atoms. The molecule has 0 aliphatic heterocycles. The summed E-state index contributed by atoms with van der Waals surface area (Å²) in [5.41, 5.74) is 0. The second-order valence-corrected chi connectivity index (χ2v) is 0.848. The Labute approximate surface area is 41.9 Å². The van der Waals surface area contributed by atoms with Gasteiger partial charge >= 0.3 is 27.1 Å². The van der Waals surface area contributed by atoms with Crippen LogP contribution in [-0.2, 0) is 4.46 Å². The third-order valence-corrected chi connectivity index (χ3v) is 0. The molecule has 0 radical (unpaired) electrons. The monoisotopic (exact) mass is 156 g/mol. The Morgan fingerprint density at radius 2 is 1.40 bits per heavy atom. The van der Waals surface area contributed by atoms with Crippen LogP contribution in [0.4, 0.5) is 0 Å². The van der Waals surface area contributed by atoms with E-state index in [1.165, 1.54) is 0 Å². The van der Waals surface area contributed by atoms with Gasteiger partial charge in [0.2, 0.25) is 0 Å². The van der Waals surface area contributed by atoms with Gasteiger partial charge in [-0.25, -0.2) is 0 Å². The summed E-state index contributed by atoms with van der Waals surface area (Å²) in [6.07, 6.45) is 0. The zero-order chi connectivity index (χ0) is 3.58. The molecule has 0 amide bonds. The summed E-state index contributed by atoms with van der Waals surface area (Å²) in [5.74, 6) is 0. The van der Waals surface area contributed by atoms with Gasteiger partial charge in [-0.15, -0.1) is 0 Å². The molecule has 0 aliphatic rings. The SMILES string of the molecule is O=[Si](O)O.[AsH3]. The fourth-order valence-corrected chi connectivity index (χ4v) is 0. The van der Waals surface area contributed by atoms with Crippen LogP contribution in [0.15, 0.2) is 0 Å². The molecule has 0 fully saturated rings. The normalized spacial score (nSPS) is 4.80. The molecule has 5 heteroatoms. The summed E-state index contributed by atoms with van der Waals surface area (Å²) < 4.78 is 8.74. The van der Waals surface area contributed by atoms with E-state index in [1.807, 2.05) is 0 Å². The zero-order valence-corrected chi connectivity index (χ0v) is 6.48. The van der Waals surface area contributed by atoms with E-state index in [1.54, 1.807) is 0 Å². The van der Waals surface area contributed by atoms with E-state index in [-0.39, 0.29) is 18.0 Å². The third kappa shape index (κ3) is 643. The quantitative estimate of drug-likeness (QED) is 0.372. The number of hydrogen-bond donors (Lipinski definition) is 2. The van der Waals surface area contributed by atoms with Crippen molar-refractivity contribution in [2.24, 2.45) is 0 Å². The second kappa shape index (κ2) is 4.18. The fourth-order valence-electron chi connectivity index (χ4n) is 0. The molecule has 0 aromatic rings. The number of hydrogen-bond acceptors (Lipinski definition) is 1. The fraction of sp³-hybridized carbons (Fsp3) is 0. The van der Waals surface area contributed by atoms with Crippen LogP contribution < -0.4 is 0 Å². The van der Waals surface area contributed by atoms with E-state index in [9.17, 15) is 0 Å². The van der Waals surface area contributed by atoms with Gasteiger partial charge in [-0.3, -0.25) is 4.46 Å². The van der Waals surface area contributed by atoms with Crippen molar-refractivity contribution in [3.8, 4) is 0 Å². The Morgan fingerprint density at radius 1 is 1.40 bits per heavy atom. The average Bonchev–Trinajstić information content (AvgIpc) is 0.811. The second-order valence-electron chi connectivity index (χ2n) is 0.283. The van der Waals surface area contributed by atoms with Gasteiger partial charge in [0.1, 0.15) is 0 Å². The van der Waals surface area contributed by atoms with Crippen molar-refractivity contribution in [2.75, 3.05) is 0 Å². The first-order valence-corrected chi connectivity index (χ1v) is 1.95. The Balaban J connectivity index is 0. The van der Waals surface area contributed by atoms with Crippen LogP contribution in [0.2, 0.25) is 0 Å². The Bertz CT molecular complexity index is 29.9. The van der Waals surface area contributed by atoms with Crippen LogP contribution in [0.5, 0.6) is 0 Å². The van der Waals surface area contributed by atoms with Gasteiger partial charge in [0.25, 0.3) is 0 Å². The molecule has 0 heterocycles. The average molecular weight is 156 g/mol. The van der Waals surface area contributed by atoms with Crippen LogP contribution in [0.3, 0.4) is 0 Å². The summed E-state index contributed by atoms with van der Waals surface area (Å²) >= 11 is 0. The molecule has 1 atom stereocenters. The van der Waals surface area contributed by atoms with Crippen molar-refractivity contribution in [1.82, 2.24) is 0 Å². The van der Waals surface area contributed by atoms with Crippen LogP contribution >= 0.6 is 0 Å². The van der Waals surface area contributed by atoms with Gasteiger partial charge < -0.3 is 9.59 Å². The predicted molar refractivity (Wildman–Crippen MR) is 20.8 cm³/mol. The van der Waals surface area contributed by atoms with Crippen molar-refractivity contribution in [3.05, 3.63) is 0 Å². The summed E-state index contributed by atoms with van der Waals surface area (Å²) in [4.78, 5) is 14.3. The molecule has 32 valence electrons. The minimum absolute atomic E-state index is 0. The molecular weight excluding hydrogens is 151 g/mol. The molecule has 1 unspecified atom stereocenters. The molecule has 0 rings (SSSR count). The molecule has 0 saturated heterocycles. The molecule has 0 spiro atoms. The summed E-state index contributed by atoms with van der Waals surface area (Å²) in [7, 11) is -3.13. The predicted octanol–water partition coefficient (Wildman–Crippen LogP) is -2.80. The Kier molecular flexibility index (Phi) is 7.47. The van der Waals surface area contributed by atoms with Crippen molar-refractivity contribution in [3.63, 3.8) is 0 Å². The number of rotatable bonds is 0. The Morgan fingerprint density at radius 3 is 1.40 bits per heavy atom. The van der Waals surface area contributed by atoms with Gasteiger partial charge in [0, 0.05) is 0 Å². The van der Waals surface area contributed by atoms with E-state index in [4.69, 9.17) is 14.1 Å². The van der Waals surface area contributed by atoms with Crippen molar-refractivity contribution in [2.45, 2.75) is 0 Å². The van der Waals surface area contributed by atoms with Crippen LogP contribution in [0.1, 0.15) is 0 Å². The van der Waals surface area contributed by atoms with Crippen molar-refractivity contribution >= 4 is 27.1 Å². The van der Waals surface area contributed by atoms with Crippen LogP contribution in [0, 0.1) is 0 Å². The molecule has 0 aromatic heterocycles. The molecule has 0 aromatic carbocycles. The first-order valence-electron chi connectivity index (χ1n) is 0.651. The standard InChI is InChI=1S/AsH3.H2O3Si/c;1-4(2)3/h1H3;1-2H. The van der Waals surface area contributed by atoms with Crippen LogP contribution in [-0.4, -0.2) is 36.7 Å². The van der Waals surface area contributed by atoms with E-state index in [0.29, 0.717) is 0 Å². The van der Waals surface area contributed by atoms with Gasteiger partial charge in [-0.05, 0) is 0 Å². The van der Waals surface area contributed by atoms with Gasteiger partial charge in [0.15, 0.2) is 0 Å². The first kappa shape index (κ1) is 8.95. The van der Waals surface area contributed by atoms with Crippen LogP contribution in [0.25, 0.3) is 0 Å². The van der Waals surface area contributed by atoms with E-state index >= 15 is 0 Å². The summed E-state index contributed by atoms with van der Waals surface area (Å²) in [6, 6.07) is 0. The molecule has 0 aliphatic carbocycles. The van der Waals surface area contributed by atoms with E-state index < -0.39 is 9.17 Å². The van der Waals surface area contributed by atoms with E-state index in [2.05, 4.69) is 0 Å². The summed E-state index contributed by atoms with van der Waals surface area (Å²) in [6.45, 7) is 0. The third-order valence-electron chi connectivity index (χ3n) is 0. The summed E-state index contributed by atoms with van der Waals surface area (Å²) in [5, 5.41) is 0. The molecule has 2 N–H and O–H groups in total. The molecule has 5 heavy (non-hydrogen) atoms. The maximum atomic E-state index is 8.74. The van der Waals surface area contributed by atoms with Gasteiger partial charge in [-0.2, -0.15) is 0 Å². The van der Waals surface area contributed by atoms with Crippen molar-refractivity contribution < 1.29 is 14.1 Å². The maximum absolute atomic E-state index is 8.74. The Hall–Kier alpha value is 0.175. The molecule has 3 nitrogen and oxygen atoms in total. The van der Waals surface area contributed by atoms with Gasteiger partial charge in [0.05, 0.1) is 0 Å². The zero-order valence-electron chi connectivity index (χ0n) is 2.51. The molecular formula is H5AsO3Si. The minimum atomic E-state index is -3.13. The topological polar surface area (TPSA) is 57.5 Å². The first-order chi connectivity index (χ1) is 1.73. The van der Waals surface area contributed by atoms with E-state index in [0.717, 1.165) is 0 Å². The van der Waals surface area contributed by atoms with Crippen molar-refractivity contribution in [1.29, 1.82) is 0 Å². The van der Waals surface area contributed by atoms with Gasteiger partial charge in [-0.1, -0.05) is 0 Å².